The summed E-state index contributed by atoms with van der Waals surface area (Å²) in [6.45, 7) is 5.55. The highest BCUT2D eigenvalue weighted by atomic mass is 16.5. The number of nitriles is 1. The molecule has 0 amide bonds. The van der Waals surface area contributed by atoms with E-state index in [1.165, 1.54) is 0 Å². The summed E-state index contributed by atoms with van der Waals surface area (Å²) in [5, 5.41) is 12.5. The fourth-order valence-corrected chi connectivity index (χ4v) is 1.98. The molecule has 1 aromatic rings. The molecular formula is C15H22N2O. The zero-order valence-corrected chi connectivity index (χ0v) is 11.3. The SMILES string of the molecule is CCNC(C#N)(CC)CCCOc1ccccc1. The molecule has 0 aliphatic carbocycles. The van der Waals surface area contributed by atoms with Gasteiger partial charge < -0.3 is 4.74 Å². The third-order valence-corrected chi connectivity index (χ3v) is 3.09. The smallest absolute Gasteiger partial charge is 0.119 e. The first-order chi connectivity index (χ1) is 8.76. The van der Waals surface area contributed by atoms with Crippen LogP contribution in [-0.4, -0.2) is 18.7 Å². The number of hydrogen-bond donors (Lipinski definition) is 1. The van der Waals surface area contributed by atoms with E-state index in [0.717, 1.165) is 31.6 Å². The lowest BCUT2D eigenvalue weighted by Crippen LogP contribution is -2.43. The fourth-order valence-electron chi connectivity index (χ4n) is 1.98. The van der Waals surface area contributed by atoms with E-state index in [1.807, 2.05) is 44.2 Å². The van der Waals surface area contributed by atoms with Gasteiger partial charge in [-0.25, -0.2) is 0 Å². The van der Waals surface area contributed by atoms with Gasteiger partial charge in [-0.05, 0) is 37.9 Å². The predicted octanol–water partition coefficient (Wildman–Crippen LogP) is 3.13. The Morgan fingerprint density at radius 2 is 2.00 bits per heavy atom. The molecule has 0 bridgehead atoms. The lowest BCUT2D eigenvalue weighted by atomic mass is 9.92. The topological polar surface area (TPSA) is 45.0 Å². The molecule has 1 aromatic carbocycles. The molecule has 0 fully saturated rings. The van der Waals surface area contributed by atoms with E-state index < -0.39 is 5.54 Å². The van der Waals surface area contributed by atoms with E-state index in [1.54, 1.807) is 0 Å². The maximum atomic E-state index is 9.27. The third-order valence-electron chi connectivity index (χ3n) is 3.09. The maximum absolute atomic E-state index is 9.27. The summed E-state index contributed by atoms with van der Waals surface area (Å²) in [5.74, 6) is 0.889. The molecule has 3 heteroatoms. The van der Waals surface area contributed by atoms with Crippen LogP contribution in [0.15, 0.2) is 30.3 Å². The molecular weight excluding hydrogens is 224 g/mol. The van der Waals surface area contributed by atoms with Gasteiger partial charge >= 0.3 is 0 Å². The Hall–Kier alpha value is -1.53. The molecule has 0 aliphatic rings. The monoisotopic (exact) mass is 246 g/mol. The van der Waals surface area contributed by atoms with Gasteiger partial charge in [-0.3, -0.25) is 5.32 Å². The molecule has 0 heterocycles. The number of ether oxygens (including phenoxy) is 1. The average molecular weight is 246 g/mol. The largest absolute Gasteiger partial charge is 0.494 e. The van der Waals surface area contributed by atoms with Gasteiger partial charge in [-0.1, -0.05) is 32.0 Å². The minimum absolute atomic E-state index is 0.394. The predicted molar refractivity (Wildman–Crippen MR) is 73.5 cm³/mol. The van der Waals surface area contributed by atoms with Crippen LogP contribution in [0.1, 0.15) is 33.1 Å². The highest BCUT2D eigenvalue weighted by Crippen LogP contribution is 2.17. The number of para-hydroxylation sites is 1. The van der Waals surface area contributed by atoms with Crippen molar-refractivity contribution in [2.75, 3.05) is 13.2 Å². The first-order valence-corrected chi connectivity index (χ1v) is 6.60. The standard InChI is InChI=1S/C15H22N2O/c1-3-15(13-16,17-4-2)11-8-12-18-14-9-6-5-7-10-14/h5-7,9-10,17H,3-4,8,11-12H2,1-2H3. The molecule has 0 saturated heterocycles. The Morgan fingerprint density at radius 1 is 1.28 bits per heavy atom. The van der Waals surface area contributed by atoms with Crippen molar-refractivity contribution in [2.45, 2.75) is 38.6 Å². The van der Waals surface area contributed by atoms with Crippen LogP contribution in [0, 0.1) is 11.3 Å². The second-order valence-electron chi connectivity index (χ2n) is 4.34. The van der Waals surface area contributed by atoms with Crippen molar-refractivity contribution in [2.24, 2.45) is 0 Å². The fraction of sp³-hybridized carbons (Fsp3) is 0.533. The second kappa shape index (κ2) is 7.73. The van der Waals surface area contributed by atoms with Crippen LogP contribution < -0.4 is 10.1 Å². The zero-order valence-electron chi connectivity index (χ0n) is 11.3. The summed E-state index contributed by atoms with van der Waals surface area (Å²) in [7, 11) is 0. The molecule has 18 heavy (non-hydrogen) atoms. The van der Waals surface area contributed by atoms with Gasteiger partial charge in [0.25, 0.3) is 0 Å². The van der Waals surface area contributed by atoms with Crippen molar-refractivity contribution in [3.8, 4) is 11.8 Å². The molecule has 1 atom stereocenters. The van der Waals surface area contributed by atoms with E-state index in [0.29, 0.717) is 6.61 Å². The summed E-state index contributed by atoms with van der Waals surface area (Å²) in [6, 6.07) is 12.2. The van der Waals surface area contributed by atoms with Crippen molar-refractivity contribution in [3.05, 3.63) is 30.3 Å². The van der Waals surface area contributed by atoms with Crippen LogP contribution in [0.5, 0.6) is 5.75 Å². The second-order valence-corrected chi connectivity index (χ2v) is 4.34. The van der Waals surface area contributed by atoms with Gasteiger partial charge in [0.2, 0.25) is 0 Å². The summed E-state index contributed by atoms with van der Waals surface area (Å²) < 4.78 is 5.63. The summed E-state index contributed by atoms with van der Waals surface area (Å²) in [6.07, 6.45) is 2.52. The van der Waals surface area contributed by atoms with E-state index >= 15 is 0 Å². The Balaban J connectivity index is 2.34. The van der Waals surface area contributed by atoms with Crippen LogP contribution in [0.3, 0.4) is 0 Å². The van der Waals surface area contributed by atoms with Gasteiger partial charge in [0.1, 0.15) is 11.3 Å². The minimum Gasteiger partial charge on any atom is -0.494 e. The minimum atomic E-state index is -0.394. The van der Waals surface area contributed by atoms with Gasteiger partial charge in [-0.15, -0.1) is 0 Å². The summed E-state index contributed by atoms with van der Waals surface area (Å²) in [4.78, 5) is 0. The van der Waals surface area contributed by atoms with E-state index in [-0.39, 0.29) is 0 Å². The zero-order chi connectivity index (χ0) is 13.3. The van der Waals surface area contributed by atoms with Gasteiger partial charge in [0.05, 0.1) is 12.7 Å². The Bertz CT molecular complexity index is 372. The normalized spacial score (nSPS) is 13.6. The maximum Gasteiger partial charge on any atom is 0.119 e. The van der Waals surface area contributed by atoms with Crippen LogP contribution in [-0.2, 0) is 0 Å². The lowest BCUT2D eigenvalue weighted by Gasteiger charge is -2.25. The first-order valence-electron chi connectivity index (χ1n) is 6.60. The highest BCUT2D eigenvalue weighted by Gasteiger charge is 2.25. The summed E-state index contributed by atoms with van der Waals surface area (Å²) >= 11 is 0. The molecule has 0 aromatic heterocycles. The van der Waals surface area contributed by atoms with E-state index in [4.69, 9.17) is 4.74 Å². The van der Waals surface area contributed by atoms with Crippen LogP contribution >= 0.6 is 0 Å². The average Bonchev–Trinajstić information content (AvgIpc) is 2.43. The number of nitrogens with zero attached hydrogens (tertiary/aromatic N) is 1. The summed E-state index contributed by atoms with van der Waals surface area (Å²) in [5.41, 5.74) is -0.394. The molecule has 0 spiro atoms. The Morgan fingerprint density at radius 3 is 2.56 bits per heavy atom. The number of benzene rings is 1. The van der Waals surface area contributed by atoms with Crippen LogP contribution in [0.2, 0.25) is 0 Å². The molecule has 3 nitrogen and oxygen atoms in total. The molecule has 0 saturated carbocycles. The van der Waals surface area contributed by atoms with Gasteiger partial charge in [0.15, 0.2) is 0 Å². The van der Waals surface area contributed by atoms with Crippen molar-refractivity contribution >= 4 is 0 Å². The molecule has 1 unspecified atom stereocenters. The van der Waals surface area contributed by atoms with Crippen molar-refractivity contribution in [1.29, 1.82) is 5.26 Å². The number of rotatable bonds is 8. The molecule has 0 radical (unpaired) electrons. The number of hydrogen-bond acceptors (Lipinski definition) is 3. The van der Waals surface area contributed by atoms with Crippen LogP contribution in [0.25, 0.3) is 0 Å². The Kier molecular flexibility index (Phi) is 6.24. The Labute approximate surface area is 110 Å². The molecule has 98 valence electrons. The third kappa shape index (κ3) is 4.38. The first kappa shape index (κ1) is 14.5. The van der Waals surface area contributed by atoms with Crippen molar-refractivity contribution in [3.63, 3.8) is 0 Å². The lowest BCUT2D eigenvalue weighted by molar-refractivity contribution is 0.277. The van der Waals surface area contributed by atoms with E-state index in [9.17, 15) is 5.26 Å². The van der Waals surface area contributed by atoms with Gasteiger partial charge in [-0.2, -0.15) is 5.26 Å². The van der Waals surface area contributed by atoms with Gasteiger partial charge in [0, 0.05) is 0 Å². The molecule has 1 N–H and O–H groups in total. The van der Waals surface area contributed by atoms with E-state index in [2.05, 4.69) is 11.4 Å². The van der Waals surface area contributed by atoms with Crippen LogP contribution in [0.4, 0.5) is 0 Å². The number of nitrogens with one attached hydrogen (secondary N) is 1. The quantitative estimate of drug-likeness (QED) is 0.717. The molecule has 1 rings (SSSR count). The van der Waals surface area contributed by atoms with Crippen molar-refractivity contribution in [1.82, 2.24) is 5.32 Å². The molecule has 0 aliphatic heterocycles. The van der Waals surface area contributed by atoms with Crippen molar-refractivity contribution < 1.29 is 4.74 Å². The highest BCUT2D eigenvalue weighted by molar-refractivity contribution is 5.20.